The summed E-state index contributed by atoms with van der Waals surface area (Å²) in [7, 11) is 1.67. The predicted octanol–water partition coefficient (Wildman–Crippen LogP) is 0.123. The van der Waals surface area contributed by atoms with Crippen molar-refractivity contribution in [1.29, 1.82) is 0 Å². The maximum Gasteiger partial charge on any atom is 0.221 e. The average Bonchev–Trinajstić information content (AvgIpc) is 1.89. The highest BCUT2D eigenvalue weighted by atomic mass is 32.1. The van der Waals surface area contributed by atoms with Crippen molar-refractivity contribution in [3.8, 4) is 0 Å². The van der Waals surface area contributed by atoms with Gasteiger partial charge in [-0.15, -0.1) is 0 Å². The van der Waals surface area contributed by atoms with Gasteiger partial charge in [-0.25, -0.2) is 0 Å². The monoisotopic (exact) mass is 160 g/mol. The van der Waals surface area contributed by atoms with Crippen molar-refractivity contribution >= 4 is 24.8 Å². The van der Waals surface area contributed by atoms with Crippen LogP contribution in [-0.2, 0) is 4.79 Å². The molecule has 0 aromatic rings. The van der Waals surface area contributed by atoms with Gasteiger partial charge in [-0.3, -0.25) is 9.79 Å². The molecule has 10 heavy (non-hydrogen) atoms. The third kappa shape index (κ3) is 5.62. The van der Waals surface area contributed by atoms with Crippen LogP contribution in [-0.4, -0.2) is 31.5 Å². The second-order valence-electron chi connectivity index (χ2n) is 1.72. The van der Waals surface area contributed by atoms with Crippen LogP contribution < -0.4 is 5.32 Å². The number of nitrogens with zero attached hydrogens (tertiary/aromatic N) is 1. The summed E-state index contributed by atoms with van der Waals surface area (Å²) in [6, 6.07) is 0. The highest BCUT2D eigenvalue weighted by Crippen LogP contribution is 1.81. The van der Waals surface area contributed by atoms with Crippen molar-refractivity contribution in [3.63, 3.8) is 0 Å². The van der Waals surface area contributed by atoms with Gasteiger partial charge in [0.2, 0.25) is 5.91 Å². The minimum absolute atomic E-state index is 0.0231. The summed E-state index contributed by atoms with van der Waals surface area (Å²) in [5, 5.41) is 2.65. The fourth-order valence-corrected chi connectivity index (χ4v) is 0.644. The van der Waals surface area contributed by atoms with Crippen LogP contribution in [0.1, 0.15) is 6.42 Å². The number of aliphatic imine (C=N–C) groups is 1. The standard InChI is InChI=1S/C6H12N2OS/c1-7-3-4-8-6(9)2-5-10/h3,10H,2,4-5H2,1H3,(H,8,9)/b7-3-. The third-order valence-corrected chi connectivity index (χ3v) is 1.14. The molecule has 0 spiro atoms. The van der Waals surface area contributed by atoms with E-state index < -0.39 is 0 Å². The first-order valence-electron chi connectivity index (χ1n) is 3.09. The lowest BCUT2D eigenvalue weighted by molar-refractivity contribution is -0.120. The van der Waals surface area contributed by atoms with Crippen LogP contribution in [0.2, 0.25) is 0 Å². The van der Waals surface area contributed by atoms with Gasteiger partial charge in [0.1, 0.15) is 0 Å². The van der Waals surface area contributed by atoms with Crippen molar-refractivity contribution in [2.24, 2.45) is 4.99 Å². The molecule has 0 bridgehead atoms. The van der Waals surface area contributed by atoms with Crippen LogP contribution in [0.15, 0.2) is 4.99 Å². The van der Waals surface area contributed by atoms with E-state index in [1.807, 2.05) is 0 Å². The van der Waals surface area contributed by atoms with Gasteiger partial charge in [0.15, 0.2) is 0 Å². The average molecular weight is 160 g/mol. The molecule has 3 nitrogen and oxygen atoms in total. The number of nitrogens with one attached hydrogen (secondary N) is 1. The smallest absolute Gasteiger partial charge is 0.221 e. The molecular formula is C6H12N2OS. The second kappa shape index (κ2) is 6.61. The van der Waals surface area contributed by atoms with Gasteiger partial charge in [-0.2, -0.15) is 12.6 Å². The zero-order chi connectivity index (χ0) is 7.82. The topological polar surface area (TPSA) is 41.5 Å². The summed E-state index contributed by atoms with van der Waals surface area (Å²) in [6.07, 6.45) is 2.12. The summed E-state index contributed by atoms with van der Waals surface area (Å²) >= 11 is 3.91. The highest BCUT2D eigenvalue weighted by Gasteiger charge is 1.94. The molecule has 0 saturated carbocycles. The zero-order valence-corrected chi connectivity index (χ0v) is 6.90. The first-order valence-corrected chi connectivity index (χ1v) is 3.72. The van der Waals surface area contributed by atoms with Gasteiger partial charge in [0.25, 0.3) is 0 Å². The maximum absolute atomic E-state index is 10.7. The molecule has 1 amide bonds. The Balaban J connectivity index is 3.21. The number of carbonyl (C=O) groups excluding carboxylic acids is 1. The lowest BCUT2D eigenvalue weighted by atomic mass is 10.4. The molecule has 0 rings (SSSR count). The third-order valence-electron chi connectivity index (χ3n) is 0.912. The molecule has 0 atom stereocenters. The molecule has 0 heterocycles. The van der Waals surface area contributed by atoms with Gasteiger partial charge in [0, 0.05) is 19.7 Å². The van der Waals surface area contributed by atoms with Crippen molar-refractivity contribution in [3.05, 3.63) is 0 Å². The molecular weight excluding hydrogens is 148 g/mol. The quantitative estimate of drug-likeness (QED) is 0.445. The van der Waals surface area contributed by atoms with E-state index in [0.29, 0.717) is 18.7 Å². The highest BCUT2D eigenvalue weighted by molar-refractivity contribution is 7.80. The number of thiol groups is 1. The Morgan fingerprint density at radius 2 is 2.50 bits per heavy atom. The summed E-state index contributed by atoms with van der Waals surface area (Å²) in [6.45, 7) is 0.517. The fraction of sp³-hybridized carbons (Fsp3) is 0.667. The van der Waals surface area contributed by atoms with E-state index in [9.17, 15) is 4.79 Å². The van der Waals surface area contributed by atoms with E-state index >= 15 is 0 Å². The minimum atomic E-state index is 0.0231. The molecule has 0 aromatic carbocycles. The molecule has 0 radical (unpaired) electrons. The summed E-state index contributed by atoms with van der Waals surface area (Å²) in [5.41, 5.74) is 0. The van der Waals surface area contributed by atoms with Gasteiger partial charge >= 0.3 is 0 Å². The van der Waals surface area contributed by atoms with Crippen LogP contribution in [0.25, 0.3) is 0 Å². The molecule has 0 aromatic heterocycles. The van der Waals surface area contributed by atoms with Crippen LogP contribution in [0.5, 0.6) is 0 Å². The van der Waals surface area contributed by atoms with Gasteiger partial charge in [-0.1, -0.05) is 0 Å². The fourth-order valence-electron chi connectivity index (χ4n) is 0.441. The van der Waals surface area contributed by atoms with Gasteiger partial charge in [0.05, 0.1) is 6.54 Å². The molecule has 0 aliphatic rings. The van der Waals surface area contributed by atoms with E-state index in [0.717, 1.165) is 0 Å². The van der Waals surface area contributed by atoms with Crippen LogP contribution >= 0.6 is 12.6 Å². The molecule has 58 valence electrons. The van der Waals surface area contributed by atoms with E-state index in [2.05, 4.69) is 22.9 Å². The predicted molar refractivity (Wildman–Crippen MR) is 45.9 cm³/mol. The van der Waals surface area contributed by atoms with E-state index in [4.69, 9.17) is 0 Å². The Labute approximate surface area is 66.3 Å². The Kier molecular flexibility index (Phi) is 6.27. The SMILES string of the molecule is C/N=C\CNC(=O)CCS. The molecule has 4 heteroatoms. The zero-order valence-electron chi connectivity index (χ0n) is 6.00. The number of hydrogen-bond donors (Lipinski definition) is 2. The first-order chi connectivity index (χ1) is 4.81. The number of carbonyl (C=O) groups is 1. The Bertz CT molecular complexity index is 125. The van der Waals surface area contributed by atoms with Crippen LogP contribution in [0, 0.1) is 0 Å². The second-order valence-corrected chi connectivity index (χ2v) is 2.17. The normalized spacial score (nSPS) is 10.2. The molecule has 1 N–H and O–H groups in total. The molecule has 0 aliphatic heterocycles. The van der Waals surface area contributed by atoms with E-state index in [1.165, 1.54) is 0 Å². The van der Waals surface area contributed by atoms with Crippen molar-refractivity contribution in [2.45, 2.75) is 6.42 Å². The van der Waals surface area contributed by atoms with Crippen LogP contribution in [0.4, 0.5) is 0 Å². The first kappa shape index (κ1) is 9.49. The van der Waals surface area contributed by atoms with Crippen molar-refractivity contribution in [2.75, 3.05) is 19.3 Å². The number of amides is 1. The van der Waals surface area contributed by atoms with E-state index in [-0.39, 0.29) is 5.91 Å². The summed E-state index contributed by atoms with van der Waals surface area (Å²) in [5.74, 6) is 0.615. The summed E-state index contributed by atoms with van der Waals surface area (Å²) < 4.78 is 0. The lowest BCUT2D eigenvalue weighted by Gasteiger charge is -1.97. The van der Waals surface area contributed by atoms with Gasteiger partial charge < -0.3 is 5.32 Å². The van der Waals surface area contributed by atoms with Crippen molar-refractivity contribution in [1.82, 2.24) is 5.32 Å². The van der Waals surface area contributed by atoms with Gasteiger partial charge in [-0.05, 0) is 5.75 Å². The molecule has 0 saturated heterocycles. The van der Waals surface area contributed by atoms with E-state index in [1.54, 1.807) is 13.3 Å². The maximum atomic E-state index is 10.7. The van der Waals surface area contributed by atoms with Crippen molar-refractivity contribution < 1.29 is 4.79 Å². The molecule has 0 unspecified atom stereocenters. The lowest BCUT2D eigenvalue weighted by Crippen LogP contribution is -2.25. The molecule has 0 aliphatic carbocycles. The number of rotatable bonds is 4. The Morgan fingerprint density at radius 1 is 1.80 bits per heavy atom. The minimum Gasteiger partial charge on any atom is -0.351 e. The largest absolute Gasteiger partial charge is 0.351 e. The molecule has 0 fully saturated rings. The summed E-state index contributed by atoms with van der Waals surface area (Å²) in [4.78, 5) is 14.4. The number of hydrogen-bond acceptors (Lipinski definition) is 3. The Morgan fingerprint density at radius 3 is 3.00 bits per heavy atom. The Hall–Kier alpha value is -0.510. The van der Waals surface area contributed by atoms with Crippen LogP contribution in [0.3, 0.4) is 0 Å².